The summed E-state index contributed by atoms with van der Waals surface area (Å²) < 4.78 is 11.2. The number of halogens is 4. The summed E-state index contributed by atoms with van der Waals surface area (Å²) in [5, 5.41) is 0.614. The summed E-state index contributed by atoms with van der Waals surface area (Å²) in [7, 11) is 0. The molecule has 0 N–H and O–H groups in total. The van der Waals surface area contributed by atoms with Gasteiger partial charge in [-0.3, -0.25) is 4.57 Å². The number of rotatable bonds is 1. The van der Waals surface area contributed by atoms with Gasteiger partial charge in [0, 0.05) is 0 Å². The lowest BCUT2D eigenvalue weighted by Gasteiger charge is -2.04. The highest BCUT2D eigenvalue weighted by Crippen LogP contribution is 2.56. The molecule has 0 unspecified atom stereocenters. The minimum Gasteiger partial charge on any atom is -0.284 e. The monoisotopic (exact) mass is 262 g/mol. The number of hydrogen-bond acceptors (Lipinski definition) is 1. The first kappa shape index (κ1) is 10.7. The van der Waals surface area contributed by atoms with E-state index in [9.17, 15) is 4.57 Å². The van der Waals surface area contributed by atoms with Crippen LogP contribution in [0, 0.1) is 0 Å². The van der Waals surface area contributed by atoms with Gasteiger partial charge >= 0.3 is 0 Å². The van der Waals surface area contributed by atoms with E-state index in [1.807, 2.05) is 0 Å². The number of benzene rings is 1. The Bertz CT molecular complexity index is 345. The van der Waals surface area contributed by atoms with Crippen LogP contribution >= 0.6 is 51.5 Å². The Labute approximate surface area is 89.5 Å². The lowest BCUT2D eigenvalue weighted by Crippen LogP contribution is -1.98. The fourth-order valence-electron chi connectivity index (χ4n) is 0.693. The molecule has 1 aromatic carbocycles. The van der Waals surface area contributed by atoms with Crippen LogP contribution < -0.4 is 5.30 Å². The van der Waals surface area contributed by atoms with E-state index in [-0.39, 0.29) is 15.3 Å². The predicted molar refractivity (Wildman–Crippen MR) is 55.4 cm³/mol. The molecule has 12 heavy (non-hydrogen) atoms. The van der Waals surface area contributed by atoms with Gasteiger partial charge in [-0.25, -0.2) is 0 Å². The molecule has 0 aromatic heterocycles. The lowest BCUT2D eigenvalue weighted by atomic mass is 10.4. The zero-order valence-corrected chi connectivity index (χ0v) is 9.52. The average molecular weight is 264 g/mol. The van der Waals surface area contributed by atoms with Crippen LogP contribution in [0.5, 0.6) is 0 Å². The predicted octanol–water partition coefficient (Wildman–Crippen LogP) is 4.29. The zero-order valence-electron chi connectivity index (χ0n) is 5.60. The highest BCUT2D eigenvalue weighted by atomic mass is 35.9. The normalized spacial score (nSPS) is 11.7. The van der Waals surface area contributed by atoms with Crippen LogP contribution in [0.4, 0.5) is 0 Å². The fraction of sp³-hybridized carbons (Fsp3) is 0. The largest absolute Gasteiger partial charge is 0.284 e. The summed E-state index contributed by atoms with van der Waals surface area (Å²) in [6.07, 6.45) is 0. The van der Waals surface area contributed by atoms with E-state index in [0.717, 1.165) is 0 Å². The minimum absolute atomic E-state index is 0.146. The molecule has 66 valence electrons. The van der Waals surface area contributed by atoms with Crippen LogP contribution in [0.1, 0.15) is 0 Å². The van der Waals surface area contributed by atoms with Gasteiger partial charge in [-0.15, -0.1) is 0 Å². The maximum atomic E-state index is 11.2. The van der Waals surface area contributed by atoms with Crippen LogP contribution in [0.15, 0.2) is 18.2 Å². The minimum atomic E-state index is -3.35. The van der Waals surface area contributed by atoms with Gasteiger partial charge in [-0.05, 0) is 34.6 Å². The second kappa shape index (κ2) is 3.77. The van der Waals surface area contributed by atoms with Gasteiger partial charge in [-0.1, -0.05) is 29.3 Å². The lowest BCUT2D eigenvalue weighted by molar-refractivity contribution is 0.597. The third kappa shape index (κ3) is 2.31. The SMILES string of the molecule is O=P(Cl)(Cl)c1cccc(Cl)c1Cl. The molecule has 0 fully saturated rings. The molecule has 0 saturated carbocycles. The van der Waals surface area contributed by atoms with Gasteiger partial charge in [0.2, 0.25) is 0 Å². The first-order valence-corrected chi connectivity index (χ1v) is 7.14. The number of hydrogen-bond donors (Lipinski definition) is 0. The summed E-state index contributed by atoms with van der Waals surface area (Å²) in [5.74, 6) is -3.35. The fourth-order valence-corrected chi connectivity index (χ4v) is 3.13. The van der Waals surface area contributed by atoms with E-state index in [1.165, 1.54) is 6.07 Å². The van der Waals surface area contributed by atoms with Gasteiger partial charge in [0.05, 0.1) is 15.3 Å². The first-order valence-electron chi connectivity index (χ1n) is 2.87. The summed E-state index contributed by atoms with van der Waals surface area (Å²) in [5.41, 5.74) is 0. The molecule has 0 radical (unpaired) electrons. The molecule has 0 aliphatic rings. The molecule has 1 nitrogen and oxygen atoms in total. The molecule has 0 saturated heterocycles. The van der Waals surface area contributed by atoms with Crippen molar-refractivity contribution in [1.82, 2.24) is 0 Å². The second-order valence-corrected chi connectivity index (χ2v) is 7.60. The Morgan fingerprint density at radius 1 is 1.17 bits per heavy atom. The average Bonchev–Trinajstić information content (AvgIpc) is 1.92. The third-order valence-electron chi connectivity index (χ3n) is 1.21. The van der Waals surface area contributed by atoms with E-state index in [1.54, 1.807) is 12.1 Å². The molecule has 0 heterocycles. The molecule has 0 spiro atoms. The molecule has 6 heteroatoms. The molecular weight excluding hydrogens is 261 g/mol. The molecule has 0 atom stereocenters. The van der Waals surface area contributed by atoms with Crippen molar-refractivity contribution in [2.45, 2.75) is 0 Å². The Morgan fingerprint density at radius 3 is 2.17 bits per heavy atom. The Hall–Kier alpha value is 0.610. The van der Waals surface area contributed by atoms with E-state index in [2.05, 4.69) is 0 Å². The summed E-state index contributed by atoms with van der Waals surface area (Å²) in [4.78, 5) is 0. The van der Waals surface area contributed by atoms with Crippen molar-refractivity contribution < 1.29 is 4.57 Å². The van der Waals surface area contributed by atoms with Gasteiger partial charge in [-0.2, -0.15) is 0 Å². The van der Waals surface area contributed by atoms with E-state index >= 15 is 0 Å². The zero-order chi connectivity index (χ0) is 9.35. The van der Waals surface area contributed by atoms with Crippen molar-refractivity contribution in [3.05, 3.63) is 28.2 Å². The van der Waals surface area contributed by atoms with Crippen molar-refractivity contribution in [3.8, 4) is 0 Å². The molecule has 0 aliphatic heterocycles. The van der Waals surface area contributed by atoms with Crippen LogP contribution in [-0.4, -0.2) is 0 Å². The molecule has 1 aromatic rings. The van der Waals surface area contributed by atoms with E-state index in [0.29, 0.717) is 0 Å². The van der Waals surface area contributed by atoms with Crippen LogP contribution in [0.25, 0.3) is 0 Å². The Kier molecular flexibility index (Phi) is 3.36. The topological polar surface area (TPSA) is 17.1 Å². The van der Waals surface area contributed by atoms with Gasteiger partial charge < -0.3 is 0 Å². The van der Waals surface area contributed by atoms with Gasteiger partial charge in [0.15, 0.2) is 0 Å². The maximum Gasteiger partial charge on any atom is 0.283 e. The highest BCUT2D eigenvalue weighted by Gasteiger charge is 2.21. The van der Waals surface area contributed by atoms with E-state index in [4.69, 9.17) is 45.7 Å². The molecule has 0 amide bonds. The Balaban J connectivity index is 3.36. The van der Waals surface area contributed by atoms with Crippen molar-refractivity contribution in [1.29, 1.82) is 0 Å². The van der Waals surface area contributed by atoms with Gasteiger partial charge in [0.1, 0.15) is 0 Å². The van der Waals surface area contributed by atoms with E-state index < -0.39 is 5.85 Å². The Morgan fingerprint density at radius 2 is 1.75 bits per heavy atom. The molecular formula is C6H3Cl4OP. The standard InChI is InChI=1S/C6H3Cl4OP/c7-4-2-1-3-5(6(4)8)12(9,10)11/h1-3H. The summed E-state index contributed by atoms with van der Waals surface area (Å²) in [6.45, 7) is 0. The molecule has 0 aliphatic carbocycles. The second-order valence-electron chi connectivity index (χ2n) is 2.04. The third-order valence-corrected chi connectivity index (χ3v) is 4.19. The molecule has 1 rings (SSSR count). The smallest absolute Gasteiger partial charge is 0.283 e. The van der Waals surface area contributed by atoms with Crippen LogP contribution in [-0.2, 0) is 4.57 Å². The summed E-state index contributed by atoms with van der Waals surface area (Å²) in [6, 6.07) is 4.63. The highest BCUT2D eigenvalue weighted by molar-refractivity contribution is 8.13. The van der Waals surface area contributed by atoms with Gasteiger partial charge in [0.25, 0.3) is 5.85 Å². The molecule has 0 bridgehead atoms. The van der Waals surface area contributed by atoms with Crippen molar-refractivity contribution in [2.75, 3.05) is 0 Å². The van der Waals surface area contributed by atoms with Crippen LogP contribution in [0.3, 0.4) is 0 Å². The van der Waals surface area contributed by atoms with Crippen molar-refractivity contribution in [3.63, 3.8) is 0 Å². The van der Waals surface area contributed by atoms with Crippen molar-refractivity contribution >= 4 is 56.8 Å². The quantitative estimate of drug-likeness (QED) is 0.691. The van der Waals surface area contributed by atoms with Crippen LogP contribution in [0.2, 0.25) is 10.0 Å². The maximum absolute atomic E-state index is 11.2. The summed E-state index contributed by atoms with van der Waals surface area (Å²) >= 11 is 22.2. The first-order chi connectivity index (χ1) is 5.43. The van der Waals surface area contributed by atoms with Crippen molar-refractivity contribution in [2.24, 2.45) is 0 Å².